The van der Waals surface area contributed by atoms with Gasteiger partial charge in [-0.05, 0) is 13.1 Å². The van der Waals surface area contributed by atoms with Gasteiger partial charge in [0.2, 0.25) is 0 Å². The lowest BCUT2D eigenvalue weighted by Gasteiger charge is -2.16. The van der Waals surface area contributed by atoms with E-state index in [1.165, 1.54) is 0 Å². The minimum atomic E-state index is 0.151. The predicted molar refractivity (Wildman–Crippen MR) is 55.5 cm³/mol. The van der Waals surface area contributed by atoms with E-state index >= 15 is 0 Å². The summed E-state index contributed by atoms with van der Waals surface area (Å²) in [5.41, 5.74) is 1.10. The normalized spacial score (nSPS) is 12.5. The van der Waals surface area contributed by atoms with Gasteiger partial charge < -0.3 is 10.1 Å². The van der Waals surface area contributed by atoms with Crippen molar-refractivity contribution in [3.05, 3.63) is 29.8 Å². The lowest BCUT2D eigenvalue weighted by Crippen LogP contribution is -2.18. The van der Waals surface area contributed by atoms with Crippen molar-refractivity contribution in [1.29, 1.82) is 0 Å². The van der Waals surface area contributed by atoms with E-state index in [4.69, 9.17) is 16.3 Å². The third-order valence-electron chi connectivity index (χ3n) is 2.02. The number of methoxy groups -OCH3 is 1. The molecule has 1 atom stereocenters. The Kier molecular flexibility index (Phi) is 4.06. The predicted octanol–water partition coefficient (Wildman–Crippen LogP) is 2.19. The zero-order valence-electron chi connectivity index (χ0n) is 7.88. The van der Waals surface area contributed by atoms with Crippen molar-refractivity contribution in [3.63, 3.8) is 0 Å². The number of alkyl halides is 1. The largest absolute Gasteiger partial charge is 0.496 e. The molecule has 0 aliphatic carbocycles. The van der Waals surface area contributed by atoms with Gasteiger partial charge >= 0.3 is 0 Å². The first-order valence-corrected chi connectivity index (χ1v) is 4.73. The molecule has 0 aliphatic heterocycles. The summed E-state index contributed by atoms with van der Waals surface area (Å²) >= 11 is 5.81. The highest BCUT2D eigenvalue weighted by Crippen LogP contribution is 2.24. The zero-order valence-corrected chi connectivity index (χ0v) is 8.64. The maximum Gasteiger partial charge on any atom is 0.123 e. The van der Waals surface area contributed by atoms with Crippen molar-refractivity contribution in [2.24, 2.45) is 0 Å². The van der Waals surface area contributed by atoms with E-state index < -0.39 is 0 Å². The number of rotatable bonds is 4. The molecule has 0 aliphatic rings. The van der Waals surface area contributed by atoms with Gasteiger partial charge in [-0.2, -0.15) is 0 Å². The Morgan fingerprint density at radius 1 is 1.46 bits per heavy atom. The number of hydrogen-bond donors (Lipinski definition) is 1. The molecule has 1 aromatic rings. The van der Waals surface area contributed by atoms with Crippen LogP contribution < -0.4 is 10.1 Å². The zero-order chi connectivity index (χ0) is 9.68. The molecule has 13 heavy (non-hydrogen) atoms. The Hall–Kier alpha value is -0.730. The maximum absolute atomic E-state index is 5.81. The van der Waals surface area contributed by atoms with E-state index in [2.05, 4.69) is 5.32 Å². The number of halogens is 1. The van der Waals surface area contributed by atoms with E-state index in [0.717, 1.165) is 11.3 Å². The number of para-hydroxylation sites is 1. The second kappa shape index (κ2) is 5.10. The van der Waals surface area contributed by atoms with Crippen molar-refractivity contribution in [3.8, 4) is 5.75 Å². The Morgan fingerprint density at radius 3 is 2.69 bits per heavy atom. The molecule has 72 valence electrons. The van der Waals surface area contributed by atoms with Gasteiger partial charge in [0, 0.05) is 17.5 Å². The molecule has 1 rings (SSSR count). The Bertz CT molecular complexity index is 261. The second-order valence-corrected chi connectivity index (χ2v) is 3.05. The summed E-state index contributed by atoms with van der Waals surface area (Å²) in [5, 5.41) is 3.13. The number of hydrogen-bond acceptors (Lipinski definition) is 2. The molecule has 2 nitrogen and oxygen atoms in total. The fourth-order valence-electron chi connectivity index (χ4n) is 1.27. The molecule has 0 bridgehead atoms. The molecule has 0 saturated carbocycles. The fraction of sp³-hybridized carbons (Fsp3) is 0.400. The van der Waals surface area contributed by atoms with Crippen molar-refractivity contribution < 1.29 is 4.74 Å². The standard InChI is InChI=1S/C10H14ClNO/c1-12-9(7-11)8-5-3-4-6-10(8)13-2/h3-6,9,12H,7H2,1-2H3. The highest BCUT2D eigenvalue weighted by atomic mass is 35.5. The first-order chi connectivity index (χ1) is 6.33. The van der Waals surface area contributed by atoms with E-state index in [-0.39, 0.29) is 6.04 Å². The van der Waals surface area contributed by atoms with Gasteiger partial charge in [-0.15, -0.1) is 11.6 Å². The molecule has 1 aromatic carbocycles. The Morgan fingerprint density at radius 2 is 2.15 bits per heavy atom. The minimum absolute atomic E-state index is 0.151. The van der Waals surface area contributed by atoms with Crippen LogP contribution in [0, 0.1) is 0 Å². The molecule has 0 saturated heterocycles. The fourth-order valence-corrected chi connectivity index (χ4v) is 1.59. The third kappa shape index (κ3) is 2.36. The molecule has 1 N–H and O–H groups in total. The summed E-state index contributed by atoms with van der Waals surface area (Å²) in [6, 6.07) is 8.03. The molecule has 0 spiro atoms. The number of ether oxygens (including phenoxy) is 1. The number of nitrogens with one attached hydrogen (secondary N) is 1. The van der Waals surface area contributed by atoms with Gasteiger partial charge in [0.25, 0.3) is 0 Å². The SMILES string of the molecule is CNC(CCl)c1ccccc1OC. The molecule has 0 aromatic heterocycles. The van der Waals surface area contributed by atoms with Gasteiger partial charge in [-0.3, -0.25) is 0 Å². The molecule has 0 heterocycles. The van der Waals surface area contributed by atoms with E-state index in [1.807, 2.05) is 31.3 Å². The van der Waals surface area contributed by atoms with Crippen LogP contribution in [-0.2, 0) is 0 Å². The molecular weight excluding hydrogens is 186 g/mol. The Labute approximate surface area is 83.9 Å². The van der Waals surface area contributed by atoms with Gasteiger partial charge in [-0.1, -0.05) is 18.2 Å². The number of benzene rings is 1. The quantitative estimate of drug-likeness (QED) is 0.751. The van der Waals surface area contributed by atoms with Crippen molar-refractivity contribution in [2.45, 2.75) is 6.04 Å². The molecule has 0 radical (unpaired) electrons. The first kappa shape index (κ1) is 10.4. The monoisotopic (exact) mass is 199 g/mol. The summed E-state index contributed by atoms with van der Waals surface area (Å²) < 4.78 is 5.23. The summed E-state index contributed by atoms with van der Waals surface area (Å²) in [5.74, 6) is 1.42. The van der Waals surface area contributed by atoms with Crippen LogP contribution in [0.15, 0.2) is 24.3 Å². The lowest BCUT2D eigenvalue weighted by molar-refractivity contribution is 0.404. The molecule has 1 unspecified atom stereocenters. The van der Waals surface area contributed by atoms with Crippen LogP contribution in [0.4, 0.5) is 0 Å². The van der Waals surface area contributed by atoms with Crippen molar-refractivity contribution in [1.82, 2.24) is 5.32 Å². The van der Waals surface area contributed by atoms with Crippen LogP contribution in [0.25, 0.3) is 0 Å². The van der Waals surface area contributed by atoms with Gasteiger partial charge in [0.15, 0.2) is 0 Å². The molecule has 0 fully saturated rings. The van der Waals surface area contributed by atoms with Crippen molar-refractivity contribution in [2.75, 3.05) is 20.0 Å². The van der Waals surface area contributed by atoms with E-state index in [9.17, 15) is 0 Å². The summed E-state index contributed by atoms with van der Waals surface area (Å²) in [4.78, 5) is 0. The highest BCUT2D eigenvalue weighted by molar-refractivity contribution is 6.18. The third-order valence-corrected chi connectivity index (χ3v) is 2.33. The van der Waals surface area contributed by atoms with Crippen LogP contribution in [0.1, 0.15) is 11.6 Å². The van der Waals surface area contributed by atoms with Crippen LogP contribution in [0.2, 0.25) is 0 Å². The molecule has 3 heteroatoms. The Balaban J connectivity index is 2.96. The first-order valence-electron chi connectivity index (χ1n) is 4.19. The average Bonchev–Trinajstić information content (AvgIpc) is 2.20. The van der Waals surface area contributed by atoms with Gasteiger partial charge in [0.05, 0.1) is 7.11 Å². The lowest BCUT2D eigenvalue weighted by atomic mass is 10.1. The minimum Gasteiger partial charge on any atom is -0.496 e. The highest BCUT2D eigenvalue weighted by Gasteiger charge is 2.11. The van der Waals surface area contributed by atoms with Crippen LogP contribution in [0.3, 0.4) is 0 Å². The van der Waals surface area contributed by atoms with Gasteiger partial charge in [-0.25, -0.2) is 0 Å². The van der Waals surface area contributed by atoms with Crippen LogP contribution >= 0.6 is 11.6 Å². The summed E-state index contributed by atoms with van der Waals surface area (Å²) in [7, 11) is 3.55. The second-order valence-electron chi connectivity index (χ2n) is 2.74. The molecular formula is C10H14ClNO. The van der Waals surface area contributed by atoms with Crippen LogP contribution in [-0.4, -0.2) is 20.0 Å². The smallest absolute Gasteiger partial charge is 0.123 e. The van der Waals surface area contributed by atoms with E-state index in [1.54, 1.807) is 7.11 Å². The average molecular weight is 200 g/mol. The topological polar surface area (TPSA) is 21.3 Å². The molecule has 0 amide bonds. The summed E-state index contributed by atoms with van der Waals surface area (Å²) in [6.07, 6.45) is 0. The maximum atomic E-state index is 5.81. The summed E-state index contributed by atoms with van der Waals surface area (Å²) in [6.45, 7) is 0. The van der Waals surface area contributed by atoms with Crippen LogP contribution in [0.5, 0.6) is 5.75 Å². The van der Waals surface area contributed by atoms with Crippen molar-refractivity contribution >= 4 is 11.6 Å². The van der Waals surface area contributed by atoms with Gasteiger partial charge in [0.1, 0.15) is 5.75 Å². The van der Waals surface area contributed by atoms with E-state index in [0.29, 0.717) is 5.88 Å².